The normalized spacial score (nSPS) is 17.3. The number of amides is 3. The highest BCUT2D eigenvalue weighted by molar-refractivity contribution is 5.95. The highest BCUT2D eigenvalue weighted by Gasteiger charge is 2.32. The van der Waals surface area contributed by atoms with Gasteiger partial charge >= 0.3 is 0 Å². The molecule has 4 N–H and O–H groups in total. The summed E-state index contributed by atoms with van der Waals surface area (Å²) < 4.78 is 16.3. The van der Waals surface area contributed by atoms with E-state index in [9.17, 15) is 14.4 Å². The van der Waals surface area contributed by atoms with Crippen LogP contribution < -0.4 is 25.8 Å². The van der Waals surface area contributed by atoms with Gasteiger partial charge in [-0.2, -0.15) is 0 Å². The molecule has 1 aliphatic rings. The van der Waals surface area contributed by atoms with Gasteiger partial charge in [0.25, 0.3) is 5.91 Å². The number of nitrogens with two attached hydrogens (primary N) is 1. The standard InChI is InChI=1S/C24H38N4O6.ClH/c1-16(2)28(19-8-7-18(26-14-19)13-23(30)27-15-22(25)29)24(31)17-6-9-20(33-4)21(12-17)34-11-5-10-32-3;/h6,9,12,16,18-19,26H,5,7-8,10-11,13-15H2,1-4H3,(H2,25,29)(H,27,30);1H/t18-,19+;/m0./s1. The van der Waals surface area contributed by atoms with Crippen LogP contribution in [0.1, 0.15) is 49.9 Å². The summed E-state index contributed by atoms with van der Waals surface area (Å²) in [5.41, 5.74) is 5.60. The summed E-state index contributed by atoms with van der Waals surface area (Å²) in [6.45, 7) is 5.44. The van der Waals surface area contributed by atoms with Crippen LogP contribution >= 0.6 is 12.4 Å². The molecule has 0 radical (unpaired) electrons. The summed E-state index contributed by atoms with van der Waals surface area (Å²) in [7, 11) is 3.21. The van der Waals surface area contributed by atoms with E-state index in [1.165, 1.54) is 0 Å². The number of hydrogen-bond acceptors (Lipinski definition) is 7. The predicted molar refractivity (Wildman–Crippen MR) is 135 cm³/mol. The maximum atomic E-state index is 13.5. The molecular weight excluding hydrogens is 476 g/mol. The molecule has 3 amide bonds. The molecule has 11 heteroatoms. The van der Waals surface area contributed by atoms with Crippen molar-refractivity contribution in [2.24, 2.45) is 5.73 Å². The Labute approximate surface area is 213 Å². The number of carbonyl (C=O) groups is 3. The molecule has 0 unspecified atom stereocenters. The van der Waals surface area contributed by atoms with Crippen molar-refractivity contribution < 1.29 is 28.6 Å². The molecule has 1 aromatic rings. The van der Waals surface area contributed by atoms with Crippen LogP contribution in [0.15, 0.2) is 18.2 Å². The first-order valence-electron chi connectivity index (χ1n) is 11.7. The molecule has 1 saturated heterocycles. The lowest BCUT2D eigenvalue weighted by atomic mass is 9.95. The monoisotopic (exact) mass is 514 g/mol. The smallest absolute Gasteiger partial charge is 0.254 e. The Bertz CT molecular complexity index is 830. The van der Waals surface area contributed by atoms with E-state index < -0.39 is 5.91 Å². The number of nitrogens with zero attached hydrogens (tertiary/aromatic N) is 1. The van der Waals surface area contributed by atoms with Crippen molar-refractivity contribution >= 4 is 30.1 Å². The molecular formula is C24H39ClN4O6. The Morgan fingerprint density at radius 3 is 2.49 bits per heavy atom. The van der Waals surface area contributed by atoms with Gasteiger partial charge in [0.15, 0.2) is 11.5 Å². The number of rotatable bonds is 13. The van der Waals surface area contributed by atoms with E-state index in [0.717, 1.165) is 19.3 Å². The number of carbonyl (C=O) groups excluding carboxylic acids is 3. The quantitative estimate of drug-likeness (QED) is 0.340. The fourth-order valence-electron chi connectivity index (χ4n) is 4.07. The van der Waals surface area contributed by atoms with Gasteiger partial charge in [-0.25, -0.2) is 0 Å². The van der Waals surface area contributed by atoms with Crippen LogP contribution in [0.4, 0.5) is 0 Å². The molecule has 1 heterocycles. The van der Waals surface area contributed by atoms with E-state index in [-0.39, 0.29) is 55.3 Å². The summed E-state index contributed by atoms with van der Waals surface area (Å²) >= 11 is 0. The van der Waals surface area contributed by atoms with E-state index in [4.69, 9.17) is 19.9 Å². The van der Waals surface area contributed by atoms with Gasteiger partial charge in [-0.05, 0) is 44.9 Å². The Morgan fingerprint density at radius 1 is 1.17 bits per heavy atom. The van der Waals surface area contributed by atoms with E-state index in [1.54, 1.807) is 32.4 Å². The number of halogens is 1. The molecule has 10 nitrogen and oxygen atoms in total. The molecule has 0 aromatic heterocycles. The second kappa shape index (κ2) is 15.4. The van der Waals surface area contributed by atoms with Crippen molar-refractivity contribution in [2.45, 2.75) is 57.7 Å². The molecule has 198 valence electrons. The second-order valence-corrected chi connectivity index (χ2v) is 8.65. The largest absolute Gasteiger partial charge is 0.493 e. The van der Waals surface area contributed by atoms with Crippen molar-refractivity contribution in [1.82, 2.24) is 15.5 Å². The minimum Gasteiger partial charge on any atom is -0.493 e. The zero-order valence-electron chi connectivity index (χ0n) is 21.0. The Kier molecular flexibility index (Phi) is 13.4. The number of methoxy groups -OCH3 is 2. The molecule has 0 spiro atoms. The SMILES string of the molecule is COCCCOc1cc(C(=O)N(C(C)C)[C@@H]2CC[C@@H](CC(=O)NCC(N)=O)NC2)ccc1OC.Cl. The Morgan fingerprint density at radius 2 is 1.91 bits per heavy atom. The first kappa shape index (κ1) is 30.5. The van der Waals surface area contributed by atoms with Crippen LogP contribution in [0.5, 0.6) is 11.5 Å². The average molecular weight is 515 g/mol. The average Bonchev–Trinajstić information content (AvgIpc) is 2.81. The van der Waals surface area contributed by atoms with Crippen molar-refractivity contribution in [3.63, 3.8) is 0 Å². The van der Waals surface area contributed by atoms with Crippen molar-refractivity contribution in [3.8, 4) is 11.5 Å². The molecule has 1 fully saturated rings. The van der Waals surface area contributed by atoms with Gasteiger partial charge in [-0.3, -0.25) is 14.4 Å². The highest BCUT2D eigenvalue weighted by Crippen LogP contribution is 2.30. The number of ether oxygens (including phenoxy) is 3. The number of piperidine rings is 1. The minimum atomic E-state index is -0.571. The first-order valence-corrected chi connectivity index (χ1v) is 11.7. The molecule has 0 aliphatic carbocycles. The lowest BCUT2D eigenvalue weighted by Gasteiger charge is -2.40. The molecule has 1 aromatic carbocycles. The van der Waals surface area contributed by atoms with Gasteiger partial charge in [-0.1, -0.05) is 0 Å². The first-order chi connectivity index (χ1) is 16.3. The van der Waals surface area contributed by atoms with E-state index >= 15 is 0 Å². The summed E-state index contributed by atoms with van der Waals surface area (Å²) in [5, 5.41) is 5.88. The molecule has 0 saturated carbocycles. The maximum Gasteiger partial charge on any atom is 0.254 e. The number of hydrogen-bond donors (Lipinski definition) is 3. The van der Waals surface area contributed by atoms with Crippen LogP contribution in [0.25, 0.3) is 0 Å². The van der Waals surface area contributed by atoms with E-state index in [1.807, 2.05) is 18.7 Å². The number of nitrogens with one attached hydrogen (secondary N) is 2. The van der Waals surface area contributed by atoms with Crippen LogP contribution in [0, 0.1) is 0 Å². The van der Waals surface area contributed by atoms with Gasteiger partial charge in [0, 0.05) is 56.8 Å². The Hall–Kier alpha value is -2.56. The second-order valence-electron chi connectivity index (χ2n) is 8.65. The van der Waals surface area contributed by atoms with Crippen LogP contribution in [0.2, 0.25) is 0 Å². The predicted octanol–water partition coefficient (Wildman–Crippen LogP) is 1.50. The third kappa shape index (κ3) is 9.54. The summed E-state index contributed by atoms with van der Waals surface area (Å²) in [4.78, 5) is 38.2. The van der Waals surface area contributed by atoms with Crippen LogP contribution in [-0.4, -0.2) is 81.3 Å². The van der Waals surface area contributed by atoms with Crippen molar-refractivity contribution in [1.29, 1.82) is 0 Å². The van der Waals surface area contributed by atoms with E-state index in [2.05, 4.69) is 10.6 Å². The summed E-state index contributed by atoms with van der Waals surface area (Å²) in [6, 6.07) is 5.19. The van der Waals surface area contributed by atoms with Crippen molar-refractivity contribution in [2.75, 3.05) is 40.5 Å². The minimum absolute atomic E-state index is 0. The zero-order chi connectivity index (χ0) is 25.1. The van der Waals surface area contributed by atoms with Crippen molar-refractivity contribution in [3.05, 3.63) is 23.8 Å². The van der Waals surface area contributed by atoms with Gasteiger partial charge in [0.05, 0.1) is 20.3 Å². The lowest BCUT2D eigenvalue weighted by Crippen LogP contribution is -2.54. The highest BCUT2D eigenvalue weighted by atomic mass is 35.5. The third-order valence-electron chi connectivity index (χ3n) is 5.73. The molecule has 2 atom stereocenters. The van der Waals surface area contributed by atoms with E-state index in [0.29, 0.717) is 36.8 Å². The molecule has 1 aliphatic heterocycles. The van der Waals surface area contributed by atoms with Crippen LogP contribution in [0.3, 0.4) is 0 Å². The summed E-state index contributed by atoms with van der Waals surface area (Å²) in [5.74, 6) is 0.226. The lowest BCUT2D eigenvalue weighted by molar-refractivity contribution is -0.125. The van der Waals surface area contributed by atoms with Gasteiger partial charge in [-0.15, -0.1) is 12.4 Å². The fourth-order valence-corrected chi connectivity index (χ4v) is 4.07. The summed E-state index contributed by atoms with van der Waals surface area (Å²) in [6.07, 6.45) is 2.49. The third-order valence-corrected chi connectivity index (χ3v) is 5.73. The zero-order valence-corrected chi connectivity index (χ0v) is 21.8. The molecule has 2 rings (SSSR count). The fraction of sp³-hybridized carbons (Fsp3) is 0.625. The maximum absolute atomic E-state index is 13.5. The topological polar surface area (TPSA) is 132 Å². The number of primary amides is 1. The van der Waals surface area contributed by atoms with Gasteiger partial charge in [0.2, 0.25) is 11.8 Å². The van der Waals surface area contributed by atoms with Gasteiger partial charge < -0.3 is 35.5 Å². The van der Waals surface area contributed by atoms with Gasteiger partial charge in [0.1, 0.15) is 0 Å². The molecule has 35 heavy (non-hydrogen) atoms. The number of benzene rings is 1. The van der Waals surface area contributed by atoms with Crippen LogP contribution in [-0.2, 0) is 14.3 Å². The Balaban J connectivity index is 0.00000612. The molecule has 0 bridgehead atoms.